The maximum absolute atomic E-state index is 12.8. The SMILES string of the molecule is CC.Cc1ccn2c(-c3ccc(Nc4ccc(N5CCOC(C(C)(C)O)C5)cn4)c4c3CNC4=O)cnc2c1. The van der Waals surface area contributed by atoms with Crippen LogP contribution >= 0.6 is 0 Å². The summed E-state index contributed by atoms with van der Waals surface area (Å²) in [6, 6.07) is 12.0. The van der Waals surface area contributed by atoms with Crippen LogP contribution in [-0.2, 0) is 11.3 Å². The van der Waals surface area contributed by atoms with Crippen LogP contribution in [0.1, 0.15) is 49.2 Å². The molecule has 2 aliphatic heterocycles. The summed E-state index contributed by atoms with van der Waals surface area (Å²) in [7, 11) is 0. The molecule has 2 aliphatic rings. The minimum absolute atomic E-state index is 0.105. The molecule has 204 valence electrons. The molecule has 4 aromatic rings. The number of ether oxygens (including phenoxy) is 1. The number of morpholine rings is 1. The Balaban J connectivity index is 0.00000151. The highest BCUT2D eigenvalue weighted by atomic mass is 16.5. The zero-order valence-electron chi connectivity index (χ0n) is 23.2. The smallest absolute Gasteiger partial charge is 0.254 e. The van der Waals surface area contributed by atoms with Crippen LogP contribution in [0.5, 0.6) is 0 Å². The van der Waals surface area contributed by atoms with Crippen molar-refractivity contribution in [1.82, 2.24) is 19.7 Å². The fourth-order valence-corrected chi connectivity index (χ4v) is 5.07. The van der Waals surface area contributed by atoms with Gasteiger partial charge < -0.3 is 25.4 Å². The van der Waals surface area contributed by atoms with Gasteiger partial charge in [-0.2, -0.15) is 0 Å². The molecule has 1 unspecified atom stereocenters. The molecular weight excluding hydrogens is 492 g/mol. The van der Waals surface area contributed by atoms with Gasteiger partial charge in [0.05, 0.1) is 47.2 Å². The predicted molar refractivity (Wildman–Crippen MR) is 154 cm³/mol. The van der Waals surface area contributed by atoms with E-state index in [1.54, 1.807) is 13.8 Å². The van der Waals surface area contributed by atoms with Crippen molar-refractivity contribution >= 4 is 28.7 Å². The third kappa shape index (κ3) is 5.20. The van der Waals surface area contributed by atoms with Gasteiger partial charge in [-0.05, 0) is 62.2 Å². The molecular formula is C30H36N6O3. The highest BCUT2D eigenvalue weighted by molar-refractivity contribution is 6.06. The number of anilines is 3. The average Bonchev–Trinajstić information content (AvgIpc) is 3.54. The monoisotopic (exact) mass is 528 g/mol. The number of carbonyl (C=O) groups excluding carboxylic acids is 1. The molecule has 9 heteroatoms. The van der Waals surface area contributed by atoms with Gasteiger partial charge in [-0.3, -0.25) is 9.20 Å². The van der Waals surface area contributed by atoms with E-state index in [1.165, 1.54) is 0 Å². The van der Waals surface area contributed by atoms with E-state index in [0.29, 0.717) is 36.8 Å². The second kappa shape index (κ2) is 10.7. The van der Waals surface area contributed by atoms with Crippen molar-refractivity contribution in [3.8, 4) is 11.3 Å². The number of hydrogen-bond donors (Lipinski definition) is 3. The lowest BCUT2D eigenvalue weighted by Gasteiger charge is -2.39. The number of hydrogen-bond acceptors (Lipinski definition) is 7. The van der Waals surface area contributed by atoms with Crippen LogP contribution in [0.3, 0.4) is 0 Å². The van der Waals surface area contributed by atoms with E-state index in [-0.39, 0.29) is 12.0 Å². The number of nitrogens with zero attached hydrogens (tertiary/aromatic N) is 4. The van der Waals surface area contributed by atoms with E-state index >= 15 is 0 Å². The maximum atomic E-state index is 12.8. The van der Waals surface area contributed by atoms with Crippen molar-refractivity contribution in [2.45, 2.75) is 52.9 Å². The number of amides is 1. The maximum Gasteiger partial charge on any atom is 0.254 e. The van der Waals surface area contributed by atoms with E-state index in [0.717, 1.165) is 40.3 Å². The van der Waals surface area contributed by atoms with Crippen molar-refractivity contribution < 1.29 is 14.6 Å². The Kier molecular flexibility index (Phi) is 7.29. The Bertz CT molecular complexity index is 1490. The molecule has 6 rings (SSSR count). The molecule has 1 atom stereocenters. The molecule has 9 nitrogen and oxygen atoms in total. The number of aliphatic hydroxyl groups is 1. The first-order valence-corrected chi connectivity index (χ1v) is 13.5. The van der Waals surface area contributed by atoms with Crippen LogP contribution in [0, 0.1) is 6.92 Å². The Morgan fingerprint density at radius 2 is 1.95 bits per heavy atom. The van der Waals surface area contributed by atoms with Crippen molar-refractivity contribution in [3.05, 3.63) is 71.7 Å². The molecule has 0 saturated carbocycles. The number of aryl methyl sites for hydroxylation is 1. The Morgan fingerprint density at radius 1 is 1.13 bits per heavy atom. The number of carbonyl (C=O) groups is 1. The average molecular weight is 529 g/mol. The van der Waals surface area contributed by atoms with Crippen LogP contribution < -0.4 is 15.5 Å². The molecule has 1 saturated heterocycles. The first kappa shape index (κ1) is 26.6. The largest absolute Gasteiger partial charge is 0.388 e. The molecule has 0 spiro atoms. The van der Waals surface area contributed by atoms with Gasteiger partial charge in [0.25, 0.3) is 5.91 Å². The standard InChI is InChI=1S/C28H30N6O3.C2H6/c1-17-8-9-34-22(15-30-25(34)12-17)19-5-6-21(26-20(19)14-31-27(26)35)32-24-7-4-18(13-29-24)33-10-11-37-23(16-33)28(2,3)36;1-2/h4-9,12-13,15,23,36H,10-11,14,16H2,1-3H3,(H,29,32)(H,31,35);1-2H3. The number of fused-ring (bicyclic) bond motifs is 2. The second-order valence-corrected chi connectivity index (χ2v) is 10.3. The molecule has 0 aliphatic carbocycles. The van der Waals surface area contributed by atoms with Crippen molar-refractivity contribution in [3.63, 3.8) is 0 Å². The normalized spacial score (nSPS) is 16.9. The van der Waals surface area contributed by atoms with Gasteiger partial charge >= 0.3 is 0 Å². The molecule has 0 radical (unpaired) electrons. The van der Waals surface area contributed by atoms with E-state index in [9.17, 15) is 9.90 Å². The highest BCUT2D eigenvalue weighted by Crippen LogP contribution is 2.35. The van der Waals surface area contributed by atoms with Gasteiger partial charge in [0.15, 0.2) is 0 Å². The molecule has 1 amide bonds. The minimum Gasteiger partial charge on any atom is -0.388 e. The van der Waals surface area contributed by atoms with Crippen LogP contribution in [0.2, 0.25) is 0 Å². The highest BCUT2D eigenvalue weighted by Gasteiger charge is 2.33. The molecule has 0 bridgehead atoms. The summed E-state index contributed by atoms with van der Waals surface area (Å²) in [5.41, 5.74) is 6.29. The van der Waals surface area contributed by atoms with Gasteiger partial charge in [-0.1, -0.05) is 19.9 Å². The lowest BCUT2D eigenvalue weighted by molar-refractivity contribution is -0.0928. The van der Waals surface area contributed by atoms with Crippen LogP contribution in [0.25, 0.3) is 16.9 Å². The van der Waals surface area contributed by atoms with Gasteiger partial charge in [0.1, 0.15) is 17.6 Å². The molecule has 1 fully saturated rings. The fraction of sp³-hybridized carbons (Fsp3) is 0.367. The van der Waals surface area contributed by atoms with Crippen molar-refractivity contribution in [1.29, 1.82) is 0 Å². The summed E-state index contributed by atoms with van der Waals surface area (Å²) < 4.78 is 7.80. The van der Waals surface area contributed by atoms with E-state index in [1.807, 2.05) is 74.1 Å². The first-order chi connectivity index (χ1) is 18.8. The van der Waals surface area contributed by atoms with Crippen molar-refractivity contribution in [2.24, 2.45) is 0 Å². The van der Waals surface area contributed by atoms with Crippen LogP contribution in [0.15, 0.2) is 55.0 Å². The Hall–Kier alpha value is -3.95. The van der Waals surface area contributed by atoms with Gasteiger partial charge in [-0.25, -0.2) is 9.97 Å². The van der Waals surface area contributed by atoms with Crippen LogP contribution in [-0.4, -0.2) is 56.8 Å². The lowest BCUT2D eigenvalue weighted by Crippen LogP contribution is -2.52. The third-order valence-corrected chi connectivity index (χ3v) is 7.14. The van der Waals surface area contributed by atoms with Crippen molar-refractivity contribution in [2.75, 3.05) is 29.9 Å². The zero-order chi connectivity index (χ0) is 27.7. The summed E-state index contributed by atoms with van der Waals surface area (Å²) in [6.07, 6.45) is 5.41. The number of pyridine rings is 2. The number of aromatic nitrogens is 3. The molecule has 39 heavy (non-hydrogen) atoms. The number of benzene rings is 1. The summed E-state index contributed by atoms with van der Waals surface area (Å²) in [5.74, 6) is 0.544. The quantitative estimate of drug-likeness (QED) is 0.345. The zero-order valence-corrected chi connectivity index (χ0v) is 23.2. The van der Waals surface area contributed by atoms with E-state index in [4.69, 9.17) is 4.74 Å². The minimum atomic E-state index is -0.914. The van der Waals surface area contributed by atoms with Gasteiger partial charge in [0, 0.05) is 31.4 Å². The van der Waals surface area contributed by atoms with E-state index < -0.39 is 5.60 Å². The summed E-state index contributed by atoms with van der Waals surface area (Å²) in [6.45, 7) is 11.9. The lowest BCUT2D eigenvalue weighted by atomic mass is 9.99. The molecule has 1 aromatic carbocycles. The summed E-state index contributed by atoms with van der Waals surface area (Å²) in [5, 5.41) is 16.7. The van der Waals surface area contributed by atoms with Crippen LogP contribution in [0.4, 0.5) is 17.2 Å². The third-order valence-electron chi connectivity index (χ3n) is 7.14. The predicted octanol–water partition coefficient (Wildman–Crippen LogP) is 4.69. The molecule has 5 heterocycles. The van der Waals surface area contributed by atoms with E-state index in [2.05, 4.69) is 31.6 Å². The number of rotatable bonds is 5. The Morgan fingerprint density at radius 3 is 2.69 bits per heavy atom. The molecule has 3 N–H and O–H groups in total. The summed E-state index contributed by atoms with van der Waals surface area (Å²) >= 11 is 0. The first-order valence-electron chi connectivity index (χ1n) is 13.5. The van der Waals surface area contributed by atoms with Gasteiger partial charge in [-0.15, -0.1) is 0 Å². The Labute approximate surface area is 228 Å². The summed E-state index contributed by atoms with van der Waals surface area (Å²) in [4.78, 5) is 24.2. The van der Waals surface area contributed by atoms with Gasteiger partial charge in [0.2, 0.25) is 0 Å². The molecule has 3 aromatic heterocycles. The second-order valence-electron chi connectivity index (χ2n) is 10.3. The number of nitrogens with one attached hydrogen (secondary N) is 2. The topological polar surface area (TPSA) is 104 Å². The number of imidazole rings is 1. The fourth-order valence-electron chi connectivity index (χ4n) is 5.07.